The maximum Gasteiger partial charge on any atom is 0.193 e. The number of hydrogen-bond donors (Lipinski definition) is 0. The van der Waals surface area contributed by atoms with Crippen LogP contribution in [0.25, 0.3) is 5.57 Å². The van der Waals surface area contributed by atoms with Gasteiger partial charge in [-0.1, -0.05) is 41.9 Å². The van der Waals surface area contributed by atoms with Crippen molar-refractivity contribution in [2.75, 3.05) is 0 Å². The van der Waals surface area contributed by atoms with Crippen LogP contribution in [0.1, 0.15) is 5.56 Å². The van der Waals surface area contributed by atoms with E-state index in [9.17, 15) is 4.79 Å². The number of nitriles is 1. The van der Waals surface area contributed by atoms with Gasteiger partial charge >= 0.3 is 0 Å². The van der Waals surface area contributed by atoms with Crippen LogP contribution in [0.2, 0.25) is 0 Å². The number of ketones is 1. The second-order valence-corrected chi connectivity index (χ2v) is 4.31. The lowest BCUT2D eigenvalue weighted by Crippen LogP contribution is -2.30. The highest BCUT2D eigenvalue weighted by atomic mass is 35.5. The summed E-state index contributed by atoms with van der Waals surface area (Å²) in [5.41, 5.74) is 1.68. The van der Waals surface area contributed by atoms with E-state index in [1.807, 2.05) is 35.7 Å². The number of thioether (sulfide) groups is 1. The van der Waals surface area contributed by atoms with Crippen LogP contribution >= 0.6 is 23.4 Å². The van der Waals surface area contributed by atoms with Gasteiger partial charge in [0.2, 0.25) is 0 Å². The predicted molar refractivity (Wildman–Crippen MR) is 61.2 cm³/mol. The predicted octanol–water partition coefficient (Wildman–Crippen LogP) is 2.80. The first-order valence-electron chi connectivity index (χ1n) is 4.29. The normalized spacial score (nSPS) is 19.7. The molecule has 1 unspecified atom stereocenters. The van der Waals surface area contributed by atoms with E-state index in [4.69, 9.17) is 16.9 Å². The quantitative estimate of drug-likeness (QED) is 0.741. The van der Waals surface area contributed by atoms with Gasteiger partial charge in [-0.2, -0.15) is 5.26 Å². The second-order valence-electron chi connectivity index (χ2n) is 3.05. The van der Waals surface area contributed by atoms with Gasteiger partial charge in [0.15, 0.2) is 5.78 Å². The van der Waals surface area contributed by atoms with Gasteiger partial charge in [0.1, 0.15) is 10.7 Å². The molecular weight excluding hydrogens is 230 g/mol. The van der Waals surface area contributed by atoms with Crippen molar-refractivity contribution in [3.05, 3.63) is 40.9 Å². The van der Waals surface area contributed by atoms with Crippen molar-refractivity contribution in [3.63, 3.8) is 0 Å². The van der Waals surface area contributed by atoms with Crippen LogP contribution in [0.5, 0.6) is 0 Å². The van der Waals surface area contributed by atoms with Gasteiger partial charge in [0.25, 0.3) is 0 Å². The Bertz CT molecular complexity index is 475. The van der Waals surface area contributed by atoms with Crippen LogP contribution in [-0.2, 0) is 4.79 Å². The average molecular weight is 236 g/mol. The molecule has 0 aromatic heterocycles. The monoisotopic (exact) mass is 235 g/mol. The number of benzene rings is 1. The Hall–Kier alpha value is -1.24. The molecule has 0 amide bonds. The third kappa shape index (κ3) is 1.67. The van der Waals surface area contributed by atoms with E-state index in [-0.39, 0.29) is 10.8 Å². The molecule has 0 saturated carbocycles. The van der Waals surface area contributed by atoms with E-state index in [1.54, 1.807) is 0 Å². The molecule has 0 radical (unpaired) electrons. The summed E-state index contributed by atoms with van der Waals surface area (Å²) < 4.78 is 0. The summed E-state index contributed by atoms with van der Waals surface area (Å²) in [6.45, 7) is 0. The first kappa shape index (κ1) is 10.3. The molecule has 1 aliphatic carbocycles. The number of halogens is 1. The summed E-state index contributed by atoms with van der Waals surface area (Å²) in [5, 5.41) is 10.3. The first-order valence-corrected chi connectivity index (χ1v) is 5.55. The van der Waals surface area contributed by atoms with E-state index >= 15 is 0 Å². The molecule has 1 atom stereocenters. The molecule has 2 nitrogen and oxygen atoms in total. The zero-order valence-electron chi connectivity index (χ0n) is 7.61. The average Bonchev–Trinajstić information content (AvgIpc) is 2.29. The molecular formula is C11H6ClNOS. The van der Waals surface area contributed by atoms with Gasteiger partial charge in [0.05, 0.1) is 5.03 Å². The molecule has 0 bridgehead atoms. The van der Waals surface area contributed by atoms with Crippen molar-refractivity contribution >= 4 is 34.7 Å². The van der Waals surface area contributed by atoms with Crippen molar-refractivity contribution in [2.24, 2.45) is 0 Å². The molecule has 0 N–H and O–H groups in total. The van der Waals surface area contributed by atoms with E-state index in [0.29, 0.717) is 0 Å². The van der Waals surface area contributed by atoms with Crippen LogP contribution in [-0.4, -0.2) is 11.0 Å². The molecule has 0 fully saturated rings. The first-order chi connectivity index (χ1) is 7.25. The molecule has 1 aromatic rings. The summed E-state index contributed by atoms with van der Waals surface area (Å²) in [4.78, 5) is 11.4. The van der Waals surface area contributed by atoms with Crippen LogP contribution in [0, 0.1) is 10.7 Å². The topological polar surface area (TPSA) is 40.9 Å². The van der Waals surface area contributed by atoms with Crippen LogP contribution in [0.3, 0.4) is 0 Å². The van der Waals surface area contributed by atoms with Gasteiger partial charge in [-0.05, 0) is 17.3 Å². The summed E-state index contributed by atoms with van der Waals surface area (Å²) in [5.74, 6) is -0.151. The van der Waals surface area contributed by atoms with Crippen molar-refractivity contribution in [1.82, 2.24) is 0 Å². The molecule has 0 spiro atoms. The Morgan fingerprint density at radius 2 is 2.00 bits per heavy atom. The lowest BCUT2D eigenvalue weighted by Gasteiger charge is -2.26. The van der Waals surface area contributed by atoms with E-state index in [0.717, 1.165) is 22.9 Å². The third-order valence-electron chi connectivity index (χ3n) is 2.21. The highest BCUT2D eigenvalue weighted by Gasteiger charge is 2.39. The molecule has 15 heavy (non-hydrogen) atoms. The molecule has 0 saturated heterocycles. The summed E-state index contributed by atoms with van der Waals surface area (Å²) in [6, 6.07) is 9.42. The smallest absolute Gasteiger partial charge is 0.193 e. The SMILES string of the molecule is N#CSC1C(=O)C(Cl)=C1c1ccccc1. The lowest BCUT2D eigenvalue weighted by molar-refractivity contribution is -0.114. The molecule has 74 valence electrons. The Morgan fingerprint density at radius 3 is 2.60 bits per heavy atom. The summed E-state index contributed by atoms with van der Waals surface area (Å²) >= 11 is 6.78. The molecule has 4 heteroatoms. The van der Waals surface area contributed by atoms with Crippen LogP contribution in [0.4, 0.5) is 0 Å². The van der Waals surface area contributed by atoms with Gasteiger partial charge in [-0.25, -0.2) is 0 Å². The Labute approximate surface area is 96.5 Å². The highest BCUT2D eigenvalue weighted by Crippen LogP contribution is 2.42. The third-order valence-corrected chi connectivity index (χ3v) is 3.39. The number of rotatable bonds is 2. The Balaban J connectivity index is 2.38. The van der Waals surface area contributed by atoms with Crippen molar-refractivity contribution in [1.29, 1.82) is 5.26 Å². The minimum absolute atomic E-state index is 0.151. The fraction of sp³-hybridized carbons (Fsp3) is 0.0909. The number of Topliss-reactive ketones (excluding diaryl/α,β-unsaturated/α-hetero) is 1. The summed E-state index contributed by atoms with van der Waals surface area (Å²) in [7, 11) is 0. The van der Waals surface area contributed by atoms with Crippen LogP contribution in [0.15, 0.2) is 35.4 Å². The van der Waals surface area contributed by atoms with Gasteiger partial charge in [-0.15, -0.1) is 0 Å². The maximum absolute atomic E-state index is 11.4. The number of thiocyanates is 1. The lowest BCUT2D eigenvalue weighted by atomic mass is 9.90. The number of nitrogens with zero attached hydrogens (tertiary/aromatic N) is 1. The second kappa shape index (κ2) is 4.09. The van der Waals surface area contributed by atoms with Crippen LogP contribution < -0.4 is 0 Å². The zero-order valence-corrected chi connectivity index (χ0v) is 9.18. The minimum atomic E-state index is -0.412. The summed E-state index contributed by atoms with van der Waals surface area (Å²) in [6.07, 6.45) is 0. The number of carbonyl (C=O) groups excluding carboxylic acids is 1. The van der Waals surface area contributed by atoms with Crippen molar-refractivity contribution in [2.45, 2.75) is 5.25 Å². The Kier molecular flexibility index (Phi) is 2.81. The number of allylic oxidation sites excluding steroid dienone is 1. The maximum atomic E-state index is 11.4. The van der Waals surface area contributed by atoms with Crippen molar-refractivity contribution in [3.8, 4) is 5.40 Å². The van der Waals surface area contributed by atoms with E-state index in [2.05, 4.69) is 0 Å². The zero-order chi connectivity index (χ0) is 10.8. The van der Waals surface area contributed by atoms with Gasteiger partial charge in [-0.3, -0.25) is 4.79 Å². The number of carbonyl (C=O) groups is 1. The number of hydrogen-bond acceptors (Lipinski definition) is 3. The van der Waals surface area contributed by atoms with Crippen molar-refractivity contribution < 1.29 is 4.79 Å². The fourth-order valence-electron chi connectivity index (χ4n) is 1.48. The fourth-order valence-corrected chi connectivity index (χ4v) is 2.64. The molecule has 1 aliphatic rings. The minimum Gasteiger partial charge on any atom is -0.291 e. The van der Waals surface area contributed by atoms with E-state index < -0.39 is 5.25 Å². The molecule has 0 heterocycles. The standard InChI is InChI=1S/C11H6ClNOS/c12-9-8(7-4-2-1-3-5-7)11(10(9)14)15-6-13/h1-5,11H. The molecule has 0 aliphatic heterocycles. The molecule has 1 aromatic carbocycles. The highest BCUT2D eigenvalue weighted by molar-refractivity contribution is 8.05. The van der Waals surface area contributed by atoms with E-state index in [1.165, 1.54) is 0 Å². The Morgan fingerprint density at radius 1 is 1.33 bits per heavy atom. The van der Waals surface area contributed by atoms with Gasteiger partial charge < -0.3 is 0 Å². The molecule has 2 rings (SSSR count). The van der Waals surface area contributed by atoms with Gasteiger partial charge in [0, 0.05) is 5.57 Å². The largest absolute Gasteiger partial charge is 0.291 e.